The van der Waals surface area contributed by atoms with Crippen molar-refractivity contribution in [3.05, 3.63) is 28.8 Å². The number of piperidine rings is 1. The van der Waals surface area contributed by atoms with E-state index < -0.39 is 0 Å². The number of hydrogen-bond acceptors (Lipinski definition) is 3. The number of nitrogens with zero attached hydrogens (tertiary/aromatic N) is 1. The second-order valence-electron chi connectivity index (χ2n) is 7.93. The van der Waals surface area contributed by atoms with Gasteiger partial charge in [-0.2, -0.15) is 0 Å². The van der Waals surface area contributed by atoms with Gasteiger partial charge in [-0.05, 0) is 63.6 Å². The predicted molar refractivity (Wildman–Crippen MR) is 105 cm³/mol. The highest BCUT2D eigenvalue weighted by Gasteiger charge is 2.34. The highest BCUT2D eigenvalue weighted by Crippen LogP contribution is 2.33. The van der Waals surface area contributed by atoms with Crippen molar-refractivity contribution in [2.75, 3.05) is 12.4 Å². The first-order valence-corrected chi connectivity index (χ1v) is 9.84. The minimum absolute atomic E-state index is 0.0278. The van der Waals surface area contributed by atoms with Crippen LogP contribution in [0.2, 0.25) is 5.02 Å². The Balaban J connectivity index is 1.64. The number of carbonyl (C=O) groups excluding carboxylic acids is 2. The normalized spacial score (nSPS) is 24.6. The fourth-order valence-electron chi connectivity index (χ4n) is 4.00. The van der Waals surface area contributed by atoms with Crippen LogP contribution in [0.5, 0.6) is 0 Å². The first-order chi connectivity index (χ1) is 12.3. The third-order valence-corrected chi connectivity index (χ3v) is 5.96. The summed E-state index contributed by atoms with van der Waals surface area (Å²) in [5, 5.41) is 6.96. The second kappa shape index (κ2) is 7.97. The van der Waals surface area contributed by atoms with Crippen molar-refractivity contribution < 1.29 is 9.59 Å². The number of rotatable bonds is 5. The Kier molecular flexibility index (Phi) is 5.88. The summed E-state index contributed by atoms with van der Waals surface area (Å²) < 4.78 is 0. The highest BCUT2D eigenvalue weighted by molar-refractivity contribution is 6.33. The maximum absolute atomic E-state index is 12.5. The summed E-state index contributed by atoms with van der Waals surface area (Å²) in [4.78, 5) is 26.7. The molecule has 0 aromatic heterocycles. The summed E-state index contributed by atoms with van der Waals surface area (Å²) in [6.45, 7) is 3.92. The van der Waals surface area contributed by atoms with Crippen LogP contribution in [0, 0.1) is 5.92 Å². The molecule has 0 spiro atoms. The monoisotopic (exact) mass is 377 g/mol. The Labute approximate surface area is 160 Å². The first kappa shape index (κ1) is 19.2. The van der Waals surface area contributed by atoms with E-state index in [9.17, 15) is 9.59 Å². The molecule has 2 bridgehead atoms. The van der Waals surface area contributed by atoms with Gasteiger partial charge < -0.3 is 15.5 Å². The van der Waals surface area contributed by atoms with Crippen LogP contribution >= 0.6 is 11.6 Å². The molecule has 2 unspecified atom stereocenters. The molecule has 2 aliphatic heterocycles. The van der Waals surface area contributed by atoms with Gasteiger partial charge in [0.15, 0.2) is 0 Å². The predicted octanol–water partition coefficient (Wildman–Crippen LogP) is 3.68. The molecule has 142 valence electrons. The first-order valence-electron chi connectivity index (χ1n) is 9.46. The van der Waals surface area contributed by atoms with Gasteiger partial charge in [-0.15, -0.1) is 0 Å². The zero-order chi connectivity index (χ0) is 18.8. The van der Waals surface area contributed by atoms with E-state index in [1.165, 1.54) is 12.8 Å². The average molecular weight is 378 g/mol. The lowest BCUT2D eigenvalue weighted by atomic mass is 9.89. The average Bonchev–Trinajstić information content (AvgIpc) is 2.93. The molecule has 2 N–H and O–H groups in total. The molecule has 2 aliphatic rings. The minimum Gasteiger partial charge on any atom is -0.339 e. The number of anilines is 1. The van der Waals surface area contributed by atoms with Crippen molar-refractivity contribution in [2.24, 2.45) is 5.92 Å². The number of amides is 2. The van der Waals surface area contributed by atoms with Crippen molar-refractivity contribution in [1.29, 1.82) is 0 Å². The molecule has 2 fully saturated rings. The molecule has 5 nitrogen and oxygen atoms in total. The summed E-state index contributed by atoms with van der Waals surface area (Å²) in [6, 6.07) is 6.29. The summed E-state index contributed by atoms with van der Waals surface area (Å²) in [7, 11) is 1.77. The Hall–Kier alpha value is -1.59. The Morgan fingerprint density at radius 2 is 1.92 bits per heavy atom. The van der Waals surface area contributed by atoms with E-state index in [1.807, 2.05) is 13.8 Å². The van der Waals surface area contributed by atoms with Gasteiger partial charge in [-0.25, -0.2) is 0 Å². The number of hydrogen-bond donors (Lipinski definition) is 2. The van der Waals surface area contributed by atoms with Gasteiger partial charge in [0.25, 0.3) is 5.91 Å². The molecular weight excluding hydrogens is 350 g/mol. The van der Waals surface area contributed by atoms with Crippen molar-refractivity contribution in [2.45, 2.75) is 64.1 Å². The fourth-order valence-corrected chi connectivity index (χ4v) is 4.16. The quantitative estimate of drug-likeness (QED) is 0.822. The lowest BCUT2D eigenvalue weighted by molar-refractivity contribution is -0.117. The number of nitrogens with one attached hydrogen (secondary N) is 2. The molecule has 2 amide bonds. The third-order valence-electron chi connectivity index (χ3n) is 5.63. The van der Waals surface area contributed by atoms with E-state index in [0.717, 1.165) is 12.8 Å². The third kappa shape index (κ3) is 4.38. The summed E-state index contributed by atoms with van der Waals surface area (Å²) in [5.74, 6) is 0.312. The molecule has 3 rings (SSSR count). The largest absolute Gasteiger partial charge is 0.339 e. The van der Waals surface area contributed by atoms with Crippen molar-refractivity contribution in [3.8, 4) is 0 Å². The van der Waals surface area contributed by atoms with Gasteiger partial charge in [-0.3, -0.25) is 9.59 Å². The zero-order valence-corrected chi connectivity index (χ0v) is 16.5. The van der Waals surface area contributed by atoms with Crippen molar-refractivity contribution in [1.82, 2.24) is 10.2 Å². The highest BCUT2D eigenvalue weighted by atomic mass is 35.5. The Bertz CT molecular complexity index is 680. The van der Waals surface area contributed by atoms with Crippen LogP contribution in [0.4, 0.5) is 5.69 Å². The van der Waals surface area contributed by atoms with Gasteiger partial charge >= 0.3 is 0 Å². The number of halogens is 1. The van der Waals surface area contributed by atoms with Gasteiger partial charge in [-0.1, -0.05) is 11.6 Å². The molecule has 1 aromatic rings. The molecule has 0 aliphatic carbocycles. The van der Waals surface area contributed by atoms with E-state index in [-0.39, 0.29) is 17.9 Å². The van der Waals surface area contributed by atoms with Gasteiger partial charge in [0.1, 0.15) is 0 Å². The summed E-state index contributed by atoms with van der Waals surface area (Å²) in [5.41, 5.74) is 1.04. The molecule has 2 saturated heterocycles. The molecule has 2 heterocycles. The molecule has 2 atom stereocenters. The molecule has 26 heavy (non-hydrogen) atoms. The second-order valence-corrected chi connectivity index (χ2v) is 8.34. The number of benzene rings is 1. The molecule has 0 saturated carbocycles. The van der Waals surface area contributed by atoms with Crippen molar-refractivity contribution >= 4 is 29.1 Å². The van der Waals surface area contributed by atoms with Gasteiger partial charge in [0, 0.05) is 37.2 Å². The summed E-state index contributed by atoms with van der Waals surface area (Å²) >= 11 is 6.24. The lowest BCUT2D eigenvalue weighted by Gasteiger charge is -2.28. The van der Waals surface area contributed by atoms with Crippen LogP contribution in [0.15, 0.2) is 18.2 Å². The van der Waals surface area contributed by atoms with Crippen LogP contribution < -0.4 is 10.6 Å². The lowest BCUT2D eigenvalue weighted by Crippen LogP contribution is -2.39. The number of fused-ring (bicyclic) bond motifs is 2. The maximum atomic E-state index is 12.5. The smallest absolute Gasteiger partial charge is 0.253 e. The van der Waals surface area contributed by atoms with Crippen molar-refractivity contribution in [3.63, 3.8) is 0 Å². The standard InChI is InChI=1S/C20H28ClN3O2/c1-12(2)24(3)20(26)14-4-7-17(21)18(11-14)23-19(25)10-13-8-15-5-6-16(9-13)22-15/h4,7,11-13,15-16,22H,5-6,8-10H2,1-3H3,(H,23,25). The molecular formula is C20H28ClN3O2. The fraction of sp³-hybridized carbons (Fsp3) is 0.600. The van der Waals surface area contributed by atoms with Crippen LogP contribution in [0.3, 0.4) is 0 Å². The molecule has 0 radical (unpaired) electrons. The molecule has 1 aromatic carbocycles. The van der Waals surface area contributed by atoms with Gasteiger partial charge in [0.2, 0.25) is 5.91 Å². The summed E-state index contributed by atoms with van der Waals surface area (Å²) in [6.07, 6.45) is 5.09. The zero-order valence-electron chi connectivity index (χ0n) is 15.7. The number of carbonyl (C=O) groups is 2. The minimum atomic E-state index is -0.0814. The SMILES string of the molecule is CC(C)N(C)C(=O)c1ccc(Cl)c(NC(=O)CC2CC3CCC(C2)N3)c1. The Morgan fingerprint density at radius 1 is 1.27 bits per heavy atom. The van der Waals surface area contributed by atoms with E-state index in [0.29, 0.717) is 40.7 Å². The Morgan fingerprint density at radius 3 is 2.54 bits per heavy atom. The van der Waals surface area contributed by atoms with Crippen LogP contribution in [0.1, 0.15) is 56.3 Å². The van der Waals surface area contributed by atoms with Crippen LogP contribution in [-0.2, 0) is 4.79 Å². The van der Waals surface area contributed by atoms with Crippen LogP contribution in [0.25, 0.3) is 0 Å². The topological polar surface area (TPSA) is 61.4 Å². The van der Waals surface area contributed by atoms with Crippen LogP contribution in [-0.4, -0.2) is 41.9 Å². The molecule has 6 heteroatoms. The van der Waals surface area contributed by atoms with E-state index in [1.54, 1.807) is 30.1 Å². The van der Waals surface area contributed by atoms with E-state index >= 15 is 0 Å². The van der Waals surface area contributed by atoms with E-state index in [4.69, 9.17) is 11.6 Å². The van der Waals surface area contributed by atoms with Gasteiger partial charge in [0.05, 0.1) is 10.7 Å². The van der Waals surface area contributed by atoms with E-state index in [2.05, 4.69) is 10.6 Å². The maximum Gasteiger partial charge on any atom is 0.253 e.